The lowest BCUT2D eigenvalue weighted by molar-refractivity contribution is 1.38. The second-order valence-electron chi connectivity index (χ2n) is 2.76. The topological polar surface area (TPSA) is 12.9 Å². The Morgan fingerprint density at radius 2 is 2.00 bits per heavy atom. The van der Waals surface area contributed by atoms with E-state index >= 15 is 0 Å². The number of pyridine rings is 1. The van der Waals surface area contributed by atoms with Crippen LogP contribution in [0.3, 0.4) is 0 Å². The minimum absolute atomic E-state index is 0.213. The van der Waals surface area contributed by atoms with Gasteiger partial charge in [-0.05, 0) is 23.8 Å². The molecule has 0 aliphatic rings. The summed E-state index contributed by atoms with van der Waals surface area (Å²) in [4.78, 5) is 4.25. The van der Waals surface area contributed by atoms with Gasteiger partial charge in [-0.15, -0.1) is 0 Å². The molecule has 0 unspecified atom stereocenters. The van der Waals surface area contributed by atoms with Crippen LogP contribution in [-0.2, 0) is 0 Å². The molecule has 2 aromatic rings. The van der Waals surface area contributed by atoms with E-state index in [4.69, 9.17) is 0 Å². The van der Waals surface area contributed by atoms with Gasteiger partial charge in [0.25, 0.3) is 0 Å². The number of hydrogen-bond acceptors (Lipinski definition) is 1. The van der Waals surface area contributed by atoms with Gasteiger partial charge in [0, 0.05) is 11.6 Å². The minimum atomic E-state index is 0.213. The number of hydrogen-bond donors (Lipinski definition) is 0. The van der Waals surface area contributed by atoms with Gasteiger partial charge in [-0.1, -0.05) is 44.0 Å². The summed E-state index contributed by atoms with van der Waals surface area (Å²) in [6, 6.07) is 10.2. The third-order valence-electron chi connectivity index (χ3n) is 1.88. The molecule has 66 valence electrons. The van der Waals surface area contributed by atoms with Gasteiger partial charge in [-0.25, -0.2) is 0 Å². The van der Waals surface area contributed by atoms with Crippen molar-refractivity contribution in [1.29, 1.82) is 0 Å². The molecule has 0 aliphatic carbocycles. The third kappa shape index (κ3) is 1.92. The Kier molecular flexibility index (Phi) is 2.65. The zero-order chi connectivity index (χ0) is 9.26. The van der Waals surface area contributed by atoms with Crippen LogP contribution >= 0.6 is 31.9 Å². The maximum absolute atomic E-state index is 4.25. The molecule has 0 atom stereocenters. The molecule has 2 rings (SSSR count). The van der Waals surface area contributed by atoms with Gasteiger partial charge in [0.15, 0.2) is 0 Å². The number of halogens is 2. The number of aromatic nitrogens is 1. The van der Waals surface area contributed by atoms with Crippen LogP contribution in [0.15, 0.2) is 36.5 Å². The molecule has 1 nitrogen and oxygen atoms in total. The van der Waals surface area contributed by atoms with E-state index < -0.39 is 0 Å². The first-order valence-corrected chi connectivity index (χ1v) is 5.73. The van der Waals surface area contributed by atoms with Crippen LogP contribution in [0.1, 0.15) is 9.30 Å². The highest BCUT2D eigenvalue weighted by Crippen LogP contribution is 2.30. The summed E-state index contributed by atoms with van der Waals surface area (Å²) in [7, 11) is 0. The van der Waals surface area contributed by atoms with Crippen LogP contribution in [0.25, 0.3) is 10.9 Å². The summed E-state index contributed by atoms with van der Waals surface area (Å²) in [5, 5.41) is 1.17. The van der Waals surface area contributed by atoms with E-state index in [-0.39, 0.29) is 3.74 Å². The SMILES string of the molecule is BrC(Br)c1ccc2ncccc2c1. The fraction of sp³-hybridized carbons (Fsp3) is 0.100. The molecule has 0 fully saturated rings. The fourth-order valence-corrected chi connectivity index (χ4v) is 1.80. The van der Waals surface area contributed by atoms with Crippen molar-refractivity contribution < 1.29 is 0 Å². The van der Waals surface area contributed by atoms with E-state index in [9.17, 15) is 0 Å². The maximum Gasteiger partial charge on any atom is 0.0946 e. The Morgan fingerprint density at radius 3 is 2.77 bits per heavy atom. The molecule has 0 saturated carbocycles. The van der Waals surface area contributed by atoms with Gasteiger partial charge in [-0.3, -0.25) is 4.98 Å². The summed E-state index contributed by atoms with van der Waals surface area (Å²) in [5.41, 5.74) is 2.24. The van der Waals surface area contributed by atoms with Gasteiger partial charge in [0.1, 0.15) is 0 Å². The van der Waals surface area contributed by atoms with Crippen molar-refractivity contribution in [2.24, 2.45) is 0 Å². The van der Waals surface area contributed by atoms with Crippen LogP contribution in [0, 0.1) is 0 Å². The normalized spacial score (nSPS) is 11.0. The van der Waals surface area contributed by atoms with Crippen molar-refractivity contribution in [3.63, 3.8) is 0 Å². The molecule has 13 heavy (non-hydrogen) atoms. The van der Waals surface area contributed by atoms with Crippen LogP contribution in [0.4, 0.5) is 0 Å². The monoisotopic (exact) mass is 299 g/mol. The molecular formula is C10H7Br2N. The standard InChI is InChI=1S/C10H7Br2N/c11-10(12)8-3-4-9-7(6-8)2-1-5-13-9/h1-6,10H. The largest absolute Gasteiger partial charge is 0.256 e. The Morgan fingerprint density at radius 1 is 1.15 bits per heavy atom. The van der Waals surface area contributed by atoms with E-state index in [1.807, 2.05) is 18.3 Å². The van der Waals surface area contributed by atoms with E-state index in [2.05, 4.69) is 55.0 Å². The average Bonchev–Trinajstić information content (AvgIpc) is 2.17. The van der Waals surface area contributed by atoms with Crippen molar-refractivity contribution >= 4 is 42.8 Å². The lowest BCUT2D eigenvalue weighted by atomic mass is 10.1. The van der Waals surface area contributed by atoms with Gasteiger partial charge in [-0.2, -0.15) is 0 Å². The number of rotatable bonds is 1. The molecule has 0 spiro atoms. The fourth-order valence-electron chi connectivity index (χ4n) is 1.23. The molecule has 0 radical (unpaired) electrons. The van der Waals surface area contributed by atoms with Crippen molar-refractivity contribution in [1.82, 2.24) is 4.98 Å². The Balaban J connectivity index is 2.62. The summed E-state index contributed by atoms with van der Waals surface area (Å²) in [6.07, 6.45) is 1.81. The van der Waals surface area contributed by atoms with Crippen LogP contribution in [0.2, 0.25) is 0 Å². The number of nitrogens with zero attached hydrogens (tertiary/aromatic N) is 1. The molecule has 0 aliphatic heterocycles. The predicted molar refractivity (Wildman–Crippen MR) is 62.3 cm³/mol. The highest BCUT2D eigenvalue weighted by molar-refractivity contribution is 9.24. The first-order chi connectivity index (χ1) is 6.27. The lowest BCUT2D eigenvalue weighted by Crippen LogP contribution is -1.82. The molecular weight excluding hydrogens is 294 g/mol. The smallest absolute Gasteiger partial charge is 0.0946 e. The van der Waals surface area contributed by atoms with Crippen LogP contribution in [0.5, 0.6) is 0 Å². The molecule has 3 heteroatoms. The Hall–Kier alpha value is -0.410. The van der Waals surface area contributed by atoms with Gasteiger partial charge in [0.05, 0.1) is 9.25 Å². The van der Waals surface area contributed by atoms with Gasteiger partial charge >= 0.3 is 0 Å². The highest BCUT2D eigenvalue weighted by Gasteiger charge is 2.02. The molecule has 0 saturated heterocycles. The predicted octanol–water partition coefficient (Wildman–Crippen LogP) is 4.02. The second-order valence-corrected chi connectivity index (χ2v) is 5.82. The Bertz CT molecular complexity index is 426. The summed E-state index contributed by atoms with van der Waals surface area (Å²) in [6.45, 7) is 0. The average molecular weight is 301 g/mol. The zero-order valence-electron chi connectivity index (χ0n) is 6.74. The zero-order valence-corrected chi connectivity index (χ0v) is 9.92. The van der Waals surface area contributed by atoms with Crippen LogP contribution < -0.4 is 0 Å². The highest BCUT2D eigenvalue weighted by atomic mass is 79.9. The number of benzene rings is 1. The molecule has 1 aromatic carbocycles. The molecule has 0 amide bonds. The van der Waals surface area contributed by atoms with Crippen molar-refractivity contribution in [3.8, 4) is 0 Å². The summed E-state index contributed by atoms with van der Waals surface area (Å²) in [5.74, 6) is 0. The van der Waals surface area contributed by atoms with Gasteiger partial charge in [0.2, 0.25) is 0 Å². The molecule has 0 N–H and O–H groups in total. The van der Waals surface area contributed by atoms with Crippen LogP contribution in [-0.4, -0.2) is 4.98 Å². The van der Waals surface area contributed by atoms with Crippen molar-refractivity contribution in [2.45, 2.75) is 3.74 Å². The third-order valence-corrected chi connectivity index (χ3v) is 2.94. The minimum Gasteiger partial charge on any atom is -0.256 e. The van der Waals surface area contributed by atoms with Gasteiger partial charge < -0.3 is 0 Å². The number of alkyl halides is 2. The van der Waals surface area contributed by atoms with Crippen molar-refractivity contribution in [3.05, 3.63) is 42.1 Å². The summed E-state index contributed by atoms with van der Waals surface area (Å²) >= 11 is 6.93. The van der Waals surface area contributed by atoms with E-state index in [1.54, 1.807) is 0 Å². The Labute approximate surface area is 93.4 Å². The second kappa shape index (κ2) is 3.76. The van der Waals surface area contributed by atoms with Crippen molar-refractivity contribution in [2.75, 3.05) is 0 Å². The first kappa shape index (κ1) is 9.16. The first-order valence-electron chi connectivity index (χ1n) is 3.90. The lowest BCUT2D eigenvalue weighted by Gasteiger charge is -2.03. The number of fused-ring (bicyclic) bond motifs is 1. The molecule has 1 aromatic heterocycles. The quantitative estimate of drug-likeness (QED) is 0.725. The maximum atomic E-state index is 4.25. The molecule has 1 heterocycles. The molecule has 0 bridgehead atoms. The van der Waals surface area contributed by atoms with E-state index in [0.29, 0.717) is 0 Å². The summed E-state index contributed by atoms with van der Waals surface area (Å²) < 4.78 is 0.213. The van der Waals surface area contributed by atoms with E-state index in [1.165, 1.54) is 10.9 Å². The van der Waals surface area contributed by atoms with E-state index in [0.717, 1.165) is 5.52 Å².